The van der Waals surface area contributed by atoms with Crippen molar-refractivity contribution < 1.29 is 4.42 Å². The van der Waals surface area contributed by atoms with E-state index in [0.29, 0.717) is 0 Å². The molecule has 57 heavy (non-hydrogen) atoms. The molecule has 3 nitrogen and oxygen atoms in total. The van der Waals surface area contributed by atoms with Crippen molar-refractivity contribution in [2.45, 2.75) is 0 Å². The molecule has 3 aromatic heterocycles. The summed E-state index contributed by atoms with van der Waals surface area (Å²) in [4.78, 5) is 0. The minimum Gasteiger partial charge on any atom is -0.456 e. The number of fused-ring (bicyclic) bond motifs is 9. The Kier molecular flexibility index (Phi) is 6.93. The summed E-state index contributed by atoms with van der Waals surface area (Å²) in [5.74, 6) is 0. The molecule has 0 saturated carbocycles. The molecule has 3 heteroatoms. The van der Waals surface area contributed by atoms with Gasteiger partial charge in [0.2, 0.25) is 0 Å². The number of furan rings is 1. The molecule has 0 fully saturated rings. The predicted molar refractivity (Wildman–Crippen MR) is 239 cm³/mol. The van der Waals surface area contributed by atoms with E-state index < -0.39 is 0 Å². The molecule has 0 atom stereocenters. The normalized spacial score (nSPS) is 11.9. The second-order valence-electron chi connectivity index (χ2n) is 14.9. The minimum absolute atomic E-state index is 0.894. The predicted octanol–water partition coefficient (Wildman–Crippen LogP) is 14.8. The molecule has 3 heterocycles. The fraction of sp³-hybridized carbons (Fsp3) is 0. The van der Waals surface area contributed by atoms with E-state index in [1.165, 1.54) is 54.7 Å². The lowest BCUT2D eigenvalue weighted by molar-refractivity contribution is 0.669. The van der Waals surface area contributed by atoms with Gasteiger partial charge in [-0.2, -0.15) is 0 Å². The van der Waals surface area contributed by atoms with Gasteiger partial charge in [-0.15, -0.1) is 0 Å². The first-order valence-corrected chi connectivity index (χ1v) is 19.5. The Bertz CT molecular complexity index is 3340. The van der Waals surface area contributed by atoms with Crippen LogP contribution in [0.25, 0.3) is 110 Å². The molecule has 0 unspecified atom stereocenters. The molecule has 0 aliphatic carbocycles. The maximum absolute atomic E-state index is 6.29. The zero-order valence-electron chi connectivity index (χ0n) is 30.9. The topological polar surface area (TPSA) is 23.0 Å². The highest BCUT2D eigenvalue weighted by Crippen LogP contribution is 2.44. The van der Waals surface area contributed by atoms with Crippen molar-refractivity contribution in [2.24, 2.45) is 0 Å². The molecule has 0 aliphatic heterocycles. The van der Waals surface area contributed by atoms with Crippen LogP contribution in [-0.2, 0) is 0 Å². The van der Waals surface area contributed by atoms with Crippen molar-refractivity contribution in [3.63, 3.8) is 0 Å². The smallest absolute Gasteiger partial charge is 0.135 e. The highest BCUT2D eigenvalue weighted by atomic mass is 16.3. The van der Waals surface area contributed by atoms with Crippen LogP contribution in [0.4, 0.5) is 0 Å². The number of rotatable bonds is 5. The van der Waals surface area contributed by atoms with E-state index in [2.05, 4.69) is 203 Å². The third-order valence-electron chi connectivity index (χ3n) is 11.7. The van der Waals surface area contributed by atoms with Crippen LogP contribution in [-0.4, -0.2) is 9.13 Å². The van der Waals surface area contributed by atoms with Crippen molar-refractivity contribution in [1.82, 2.24) is 9.13 Å². The Morgan fingerprint density at radius 2 is 0.737 bits per heavy atom. The SMILES string of the molecule is c1ccc(-n2c3ccccc3c3cccc(-c4cc(-c5ccc6oc7ccccc7c6c5)cc(-c5cccc6c7ccccc7n(-c7ccccc7)c56)c4)c32)cc1. The van der Waals surface area contributed by atoms with Crippen molar-refractivity contribution in [3.8, 4) is 44.8 Å². The molecule has 266 valence electrons. The zero-order chi connectivity index (χ0) is 37.5. The molecule has 0 bridgehead atoms. The lowest BCUT2D eigenvalue weighted by Gasteiger charge is -2.16. The molecular weight excluding hydrogens is 693 g/mol. The van der Waals surface area contributed by atoms with Crippen LogP contribution in [0.15, 0.2) is 211 Å². The first-order chi connectivity index (χ1) is 28.3. The van der Waals surface area contributed by atoms with E-state index in [1.807, 2.05) is 12.1 Å². The van der Waals surface area contributed by atoms with Gasteiger partial charge in [-0.25, -0.2) is 0 Å². The summed E-state index contributed by atoms with van der Waals surface area (Å²) in [7, 11) is 0. The summed E-state index contributed by atoms with van der Waals surface area (Å²) in [6, 6.07) is 74.7. The van der Waals surface area contributed by atoms with Crippen molar-refractivity contribution in [1.29, 1.82) is 0 Å². The summed E-state index contributed by atoms with van der Waals surface area (Å²) in [6.45, 7) is 0. The van der Waals surface area contributed by atoms with Crippen molar-refractivity contribution >= 4 is 65.6 Å². The standard InChI is InChI=1S/C54H34N2O/c1-3-15-39(16-4-1)55-49-26-10-7-19-43(49)46-24-13-22-41(53(46)55)37-31-36(35-29-30-52-48(34-35)45-21-9-12-28-51(45)57-52)32-38(33-37)42-23-14-25-47-44-20-8-11-27-50(44)56(54(42)47)40-17-5-2-6-18-40/h1-34H. The van der Waals surface area contributed by atoms with Crippen LogP contribution in [0, 0.1) is 0 Å². The number of para-hydroxylation sites is 7. The molecule has 0 saturated heterocycles. The molecule has 0 N–H and O–H groups in total. The average Bonchev–Trinajstić information content (AvgIpc) is 3.94. The number of aromatic nitrogens is 2. The molecule has 12 aromatic rings. The quantitative estimate of drug-likeness (QED) is 0.173. The second kappa shape index (κ2) is 12.5. The number of hydrogen-bond acceptors (Lipinski definition) is 1. The van der Waals surface area contributed by atoms with Gasteiger partial charge in [0.05, 0.1) is 22.1 Å². The third-order valence-corrected chi connectivity index (χ3v) is 11.7. The molecule has 9 aromatic carbocycles. The van der Waals surface area contributed by atoms with Crippen LogP contribution in [0.1, 0.15) is 0 Å². The average molecular weight is 727 g/mol. The second-order valence-corrected chi connectivity index (χ2v) is 14.9. The largest absolute Gasteiger partial charge is 0.456 e. The van der Waals surface area contributed by atoms with Gasteiger partial charge < -0.3 is 13.6 Å². The van der Waals surface area contributed by atoms with Crippen LogP contribution in [0.5, 0.6) is 0 Å². The number of benzene rings is 9. The summed E-state index contributed by atoms with van der Waals surface area (Å²) in [5, 5.41) is 7.19. The Labute approximate surface area is 328 Å². The Hall–Kier alpha value is -7.62. The highest BCUT2D eigenvalue weighted by Gasteiger charge is 2.21. The first kappa shape index (κ1) is 31.7. The van der Waals surface area contributed by atoms with Gasteiger partial charge in [0.1, 0.15) is 11.2 Å². The van der Waals surface area contributed by atoms with Gasteiger partial charge in [0, 0.05) is 54.8 Å². The Morgan fingerprint density at radius 3 is 1.32 bits per heavy atom. The summed E-state index contributed by atoms with van der Waals surface area (Å²) in [6.07, 6.45) is 0. The van der Waals surface area contributed by atoms with E-state index in [4.69, 9.17) is 4.42 Å². The van der Waals surface area contributed by atoms with Gasteiger partial charge in [0.15, 0.2) is 0 Å². The molecule has 0 amide bonds. The van der Waals surface area contributed by atoms with E-state index in [0.717, 1.165) is 55.6 Å². The lowest BCUT2D eigenvalue weighted by Crippen LogP contribution is -1.96. The lowest BCUT2D eigenvalue weighted by atomic mass is 9.91. The third kappa shape index (κ3) is 4.86. The van der Waals surface area contributed by atoms with Crippen molar-refractivity contribution in [3.05, 3.63) is 206 Å². The van der Waals surface area contributed by atoms with E-state index in [9.17, 15) is 0 Å². The van der Waals surface area contributed by atoms with Crippen LogP contribution >= 0.6 is 0 Å². The molecular formula is C54H34N2O. The van der Waals surface area contributed by atoms with E-state index in [1.54, 1.807) is 0 Å². The molecule has 12 rings (SSSR count). The summed E-state index contributed by atoms with van der Waals surface area (Å²) >= 11 is 0. The van der Waals surface area contributed by atoms with Gasteiger partial charge in [0.25, 0.3) is 0 Å². The fourth-order valence-corrected chi connectivity index (χ4v) is 9.20. The fourth-order valence-electron chi connectivity index (χ4n) is 9.20. The van der Waals surface area contributed by atoms with E-state index >= 15 is 0 Å². The summed E-state index contributed by atoms with van der Waals surface area (Å²) < 4.78 is 11.2. The van der Waals surface area contributed by atoms with Crippen LogP contribution in [0.3, 0.4) is 0 Å². The van der Waals surface area contributed by atoms with Gasteiger partial charge >= 0.3 is 0 Å². The Balaban J connectivity index is 1.19. The molecule has 0 spiro atoms. The minimum atomic E-state index is 0.894. The first-order valence-electron chi connectivity index (χ1n) is 19.5. The highest BCUT2D eigenvalue weighted by molar-refractivity contribution is 6.16. The maximum atomic E-state index is 6.29. The van der Waals surface area contributed by atoms with Crippen LogP contribution in [0.2, 0.25) is 0 Å². The van der Waals surface area contributed by atoms with Crippen LogP contribution < -0.4 is 0 Å². The number of hydrogen-bond donors (Lipinski definition) is 0. The monoisotopic (exact) mass is 726 g/mol. The zero-order valence-corrected chi connectivity index (χ0v) is 30.9. The van der Waals surface area contributed by atoms with E-state index in [-0.39, 0.29) is 0 Å². The molecule has 0 radical (unpaired) electrons. The maximum Gasteiger partial charge on any atom is 0.135 e. The van der Waals surface area contributed by atoms with Crippen molar-refractivity contribution in [2.75, 3.05) is 0 Å². The number of nitrogens with zero attached hydrogens (tertiary/aromatic N) is 2. The summed E-state index contributed by atoms with van der Waals surface area (Å²) in [5.41, 5.74) is 15.8. The molecule has 0 aliphatic rings. The Morgan fingerprint density at radius 1 is 0.281 bits per heavy atom. The van der Waals surface area contributed by atoms with Gasteiger partial charge in [-0.3, -0.25) is 0 Å². The van der Waals surface area contributed by atoms with Gasteiger partial charge in [-0.1, -0.05) is 133 Å². The van der Waals surface area contributed by atoms with Gasteiger partial charge in [-0.05, 0) is 95.1 Å².